The fraction of sp³-hybridized carbons (Fsp3) is 0.406. The Kier molecular flexibility index (Phi) is 10.2. The van der Waals surface area contributed by atoms with Gasteiger partial charge in [0, 0.05) is 24.2 Å². The number of aromatic amines is 1. The van der Waals surface area contributed by atoms with Crippen molar-refractivity contribution in [1.29, 1.82) is 0 Å². The number of amides is 1. The lowest BCUT2D eigenvalue weighted by molar-refractivity contribution is -0.158. The average molecular weight is 590 g/mol. The van der Waals surface area contributed by atoms with Crippen molar-refractivity contribution in [3.63, 3.8) is 0 Å². The molecular formula is C32H39N5O6. The van der Waals surface area contributed by atoms with Gasteiger partial charge in [0.1, 0.15) is 17.2 Å². The predicted molar refractivity (Wildman–Crippen MR) is 165 cm³/mol. The van der Waals surface area contributed by atoms with Gasteiger partial charge in [-0.2, -0.15) is 0 Å². The van der Waals surface area contributed by atoms with Crippen molar-refractivity contribution < 1.29 is 23.9 Å². The maximum Gasteiger partial charge on any atom is 0.329 e. The molecule has 3 aromatic rings. The topological polar surface area (TPSA) is 157 Å². The first-order valence-corrected chi connectivity index (χ1v) is 13.9. The van der Waals surface area contributed by atoms with E-state index in [1.54, 1.807) is 77.9 Å². The van der Waals surface area contributed by atoms with Crippen molar-refractivity contribution >= 4 is 40.4 Å². The molecular weight excluding hydrogens is 550 g/mol. The van der Waals surface area contributed by atoms with Crippen molar-refractivity contribution in [3.05, 3.63) is 63.9 Å². The molecule has 0 aliphatic heterocycles. The first-order valence-electron chi connectivity index (χ1n) is 13.9. The molecule has 0 spiro atoms. The number of carbonyl (C=O) groups excluding carboxylic acids is 3. The number of fused-ring (bicyclic) bond motifs is 1. The molecule has 0 bridgehead atoms. The zero-order valence-electron chi connectivity index (χ0n) is 25.4. The minimum Gasteiger partial charge on any atom is -0.460 e. The molecule has 2 aromatic carbocycles. The molecule has 0 unspecified atom stereocenters. The number of terminal acetylenes is 1. The van der Waals surface area contributed by atoms with E-state index in [0.29, 0.717) is 23.0 Å². The Balaban J connectivity index is 1.75. The molecule has 0 aliphatic rings. The number of nitrogens with two attached hydrogens (primary N) is 1. The number of carbonyl (C=O) groups is 3. The van der Waals surface area contributed by atoms with E-state index < -0.39 is 35.1 Å². The van der Waals surface area contributed by atoms with Gasteiger partial charge in [-0.3, -0.25) is 19.4 Å². The number of nitrogens with one attached hydrogen (secondary N) is 2. The Morgan fingerprint density at radius 3 is 2.30 bits per heavy atom. The van der Waals surface area contributed by atoms with Gasteiger partial charge < -0.3 is 25.4 Å². The van der Waals surface area contributed by atoms with Gasteiger partial charge in [0.15, 0.2) is 0 Å². The third kappa shape index (κ3) is 9.88. The van der Waals surface area contributed by atoms with E-state index in [1.807, 2.05) is 11.0 Å². The highest BCUT2D eigenvalue weighted by atomic mass is 16.6. The highest BCUT2D eigenvalue weighted by molar-refractivity contribution is 5.97. The maximum atomic E-state index is 13.1. The normalized spacial score (nSPS) is 12.2. The van der Waals surface area contributed by atoms with Crippen LogP contribution in [0.3, 0.4) is 0 Å². The monoisotopic (exact) mass is 589 g/mol. The number of anilines is 2. The molecule has 0 fully saturated rings. The number of nitrogen functional groups attached to an aromatic ring is 1. The summed E-state index contributed by atoms with van der Waals surface area (Å²) in [6, 6.07) is 11.0. The lowest BCUT2D eigenvalue weighted by Gasteiger charge is -2.25. The van der Waals surface area contributed by atoms with Gasteiger partial charge in [0.25, 0.3) is 11.5 Å². The van der Waals surface area contributed by atoms with E-state index in [0.717, 1.165) is 11.3 Å². The van der Waals surface area contributed by atoms with Gasteiger partial charge in [-0.15, -0.1) is 6.42 Å². The van der Waals surface area contributed by atoms with E-state index in [4.69, 9.17) is 21.6 Å². The second-order valence-corrected chi connectivity index (χ2v) is 12.1. The van der Waals surface area contributed by atoms with Crippen LogP contribution in [0, 0.1) is 12.3 Å². The van der Waals surface area contributed by atoms with Gasteiger partial charge in [-0.25, -0.2) is 9.78 Å². The van der Waals surface area contributed by atoms with Crippen LogP contribution in [0.15, 0.2) is 47.3 Å². The predicted octanol–water partition coefficient (Wildman–Crippen LogP) is 3.71. The van der Waals surface area contributed by atoms with Crippen LogP contribution in [0.1, 0.15) is 70.3 Å². The number of hydrogen-bond donors (Lipinski definition) is 3. The third-order valence-corrected chi connectivity index (χ3v) is 5.99. The van der Waals surface area contributed by atoms with Crippen molar-refractivity contribution in [2.45, 2.75) is 78.2 Å². The number of aromatic nitrogens is 2. The fourth-order valence-electron chi connectivity index (χ4n) is 4.21. The number of esters is 2. The Morgan fingerprint density at radius 1 is 1.05 bits per heavy atom. The first kappa shape index (κ1) is 32.7. The van der Waals surface area contributed by atoms with Crippen LogP contribution in [-0.4, -0.2) is 51.6 Å². The fourth-order valence-corrected chi connectivity index (χ4v) is 4.21. The highest BCUT2D eigenvalue weighted by Crippen LogP contribution is 2.21. The molecule has 4 N–H and O–H groups in total. The van der Waals surface area contributed by atoms with Crippen LogP contribution in [0.2, 0.25) is 0 Å². The lowest BCUT2D eigenvalue weighted by Crippen LogP contribution is -2.44. The molecule has 1 aromatic heterocycles. The van der Waals surface area contributed by atoms with Crippen molar-refractivity contribution in [2.24, 2.45) is 0 Å². The molecule has 43 heavy (non-hydrogen) atoms. The minimum absolute atomic E-state index is 0.0142. The van der Waals surface area contributed by atoms with E-state index in [1.165, 1.54) is 0 Å². The largest absolute Gasteiger partial charge is 0.460 e. The summed E-state index contributed by atoms with van der Waals surface area (Å²) in [5.41, 5.74) is 6.21. The molecule has 3 rings (SSSR count). The zero-order valence-corrected chi connectivity index (χ0v) is 25.4. The molecule has 228 valence electrons. The molecule has 0 radical (unpaired) electrons. The Labute approximate surface area is 251 Å². The number of H-pyrrole nitrogens is 1. The molecule has 0 saturated carbocycles. The summed E-state index contributed by atoms with van der Waals surface area (Å²) in [6.07, 6.45) is 5.57. The average Bonchev–Trinajstić information content (AvgIpc) is 2.89. The summed E-state index contributed by atoms with van der Waals surface area (Å²) < 4.78 is 10.8. The van der Waals surface area contributed by atoms with Crippen molar-refractivity contribution in [3.8, 4) is 12.3 Å². The summed E-state index contributed by atoms with van der Waals surface area (Å²) in [7, 11) is 0. The molecule has 11 heteroatoms. The van der Waals surface area contributed by atoms with Crippen LogP contribution in [0.5, 0.6) is 0 Å². The molecule has 11 nitrogen and oxygen atoms in total. The van der Waals surface area contributed by atoms with Gasteiger partial charge in [-0.05, 0) is 89.9 Å². The van der Waals surface area contributed by atoms with Crippen LogP contribution < -0.4 is 21.5 Å². The Hall–Kier alpha value is -4.85. The van der Waals surface area contributed by atoms with Gasteiger partial charge in [-0.1, -0.05) is 12.0 Å². The van der Waals surface area contributed by atoms with Crippen LogP contribution >= 0.6 is 0 Å². The second-order valence-electron chi connectivity index (χ2n) is 12.1. The molecule has 1 amide bonds. The summed E-state index contributed by atoms with van der Waals surface area (Å²) in [5, 5.41) is 3.11. The smallest absolute Gasteiger partial charge is 0.329 e. The highest BCUT2D eigenvalue weighted by Gasteiger charge is 2.28. The van der Waals surface area contributed by atoms with Gasteiger partial charge >= 0.3 is 11.9 Å². The zero-order chi connectivity index (χ0) is 31.9. The van der Waals surface area contributed by atoms with E-state index in [-0.39, 0.29) is 30.9 Å². The molecule has 0 saturated heterocycles. The van der Waals surface area contributed by atoms with Crippen LogP contribution in [0.25, 0.3) is 10.9 Å². The van der Waals surface area contributed by atoms with Crippen LogP contribution in [0.4, 0.5) is 11.6 Å². The third-order valence-electron chi connectivity index (χ3n) is 5.99. The number of hydrogen-bond acceptors (Lipinski definition) is 9. The quantitative estimate of drug-likeness (QED) is 0.237. The Bertz CT molecular complexity index is 1580. The lowest BCUT2D eigenvalue weighted by atomic mass is 10.1. The number of nitrogens with zero attached hydrogens (tertiary/aromatic N) is 2. The number of ether oxygens (including phenoxy) is 2. The molecule has 0 aliphatic carbocycles. The van der Waals surface area contributed by atoms with E-state index >= 15 is 0 Å². The second kappa shape index (κ2) is 13.4. The van der Waals surface area contributed by atoms with Gasteiger partial charge in [0.05, 0.1) is 17.4 Å². The number of benzene rings is 2. The van der Waals surface area contributed by atoms with E-state index in [9.17, 15) is 19.2 Å². The Morgan fingerprint density at radius 2 is 1.70 bits per heavy atom. The summed E-state index contributed by atoms with van der Waals surface area (Å²) >= 11 is 0. The van der Waals surface area contributed by atoms with Crippen molar-refractivity contribution in [1.82, 2.24) is 15.3 Å². The summed E-state index contributed by atoms with van der Waals surface area (Å²) in [6.45, 7) is 11.1. The summed E-state index contributed by atoms with van der Waals surface area (Å²) in [5.74, 6) is 1.05. The first-order chi connectivity index (χ1) is 20.0. The minimum atomic E-state index is -1.06. The van der Waals surface area contributed by atoms with Crippen molar-refractivity contribution in [2.75, 3.05) is 17.2 Å². The van der Waals surface area contributed by atoms with Gasteiger partial charge in [0.2, 0.25) is 5.95 Å². The summed E-state index contributed by atoms with van der Waals surface area (Å²) in [4.78, 5) is 59.2. The van der Waals surface area contributed by atoms with Crippen LogP contribution in [-0.2, 0) is 25.6 Å². The molecule has 1 heterocycles. The maximum absolute atomic E-state index is 13.1. The number of rotatable bonds is 10. The molecule has 1 atom stereocenters. The standard InChI is InChI=1S/C32H39N5O6/c1-8-17-37(19-20-9-14-24-23(18-20)28(40)36-30(33)35-24)22-12-10-21(11-13-22)27(39)34-25(29(41)43-32(5,6)7)15-16-26(38)42-31(2,3)4/h1,9-14,18,25H,15-17,19H2,2-7H3,(H,34,39)(H3,33,35,36,40)/t25-/m1/s1. The SMILES string of the molecule is C#CCN(Cc1ccc2nc(N)[nH]c(=O)c2c1)c1ccc(C(=O)N[C@H](CCC(=O)OC(C)(C)C)C(=O)OC(C)(C)C)cc1. The van der Waals surface area contributed by atoms with E-state index in [2.05, 4.69) is 21.2 Å².